The Bertz CT molecular complexity index is 1160. The average Bonchev–Trinajstić information content (AvgIpc) is 3.10. The number of benzene rings is 2. The summed E-state index contributed by atoms with van der Waals surface area (Å²) >= 11 is 12.6. The van der Waals surface area contributed by atoms with E-state index in [1.54, 1.807) is 18.2 Å². The van der Waals surface area contributed by atoms with Crippen molar-refractivity contribution >= 4 is 40.7 Å². The van der Waals surface area contributed by atoms with E-state index in [4.69, 9.17) is 37.4 Å². The minimum Gasteiger partial charge on any atom is -0.507 e. The summed E-state index contributed by atoms with van der Waals surface area (Å²) in [6.45, 7) is 3.22. The third kappa shape index (κ3) is 5.56. The van der Waals surface area contributed by atoms with E-state index in [1.807, 2.05) is 25.9 Å². The molecule has 1 amide bonds. The number of likely N-dealkylation sites (N-methyl/N-ethyl adjacent to an activating group) is 1. The van der Waals surface area contributed by atoms with Crippen molar-refractivity contribution in [3.8, 4) is 17.2 Å². The van der Waals surface area contributed by atoms with Gasteiger partial charge in [-0.2, -0.15) is 0 Å². The minimum absolute atomic E-state index is 0.0670. The summed E-state index contributed by atoms with van der Waals surface area (Å²) in [4.78, 5) is 29.8. The van der Waals surface area contributed by atoms with E-state index in [-0.39, 0.29) is 39.2 Å². The Labute approximate surface area is 220 Å². The van der Waals surface area contributed by atoms with Crippen LogP contribution in [-0.2, 0) is 9.59 Å². The molecule has 1 atom stereocenters. The van der Waals surface area contributed by atoms with Gasteiger partial charge in [0.1, 0.15) is 5.76 Å². The normalized spacial score (nSPS) is 17.1. The molecular weight excluding hydrogens is 507 g/mol. The Morgan fingerprint density at radius 3 is 2.28 bits per heavy atom. The van der Waals surface area contributed by atoms with Gasteiger partial charge in [-0.1, -0.05) is 36.2 Å². The molecule has 3 rings (SSSR count). The van der Waals surface area contributed by atoms with Crippen LogP contribution in [0.15, 0.2) is 35.9 Å². The topological polar surface area (TPSA) is 88.5 Å². The summed E-state index contributed by atoms with van der Waals surface area (Å²) in [6.07, 6.45) is 0.785. The fourth-order valence-corrected chi connectivity index (χ4v) is 4.64. The molecule has 194 valence electrons. The zero-order valence-corrected chi connectivity index (χ0v) is 22.4. The van der Waals surface area contributed by atoms with E-state index in [1.165, 1.54) is 31.3 Å². The highest BCUT2D eigenvalue weighted by molar-refractivity contribution is 6.46. The Hall–Kier alpha value is -2.94. The molecular formula is C26H30Cl2N2O6. The summed E-state index contributed by atoms with van der Waals surface area (Å²) in [7, 11) is 6.70. The molecule has 0 spiro atoms. The molecule has 0 saturated carbocycles. The number of hydrogen-bond donors (Lipinski definition) is 1. The van der Waals surface area contributed by atoms with Crippen LogP contribution < -0.4 is 14.2 Å². The number of nitrogens with zero attached hydrogens (tertiary/aromatic N) is 2. The number of ether oxygens (including phenoxy) is 3. The molecule has 1 aliphatic rings. The highest BCUT2D eigenvalue weighted by atomic mass is 35.5. The average molecular weight is 537 g/mol. The Balaban J connectivity index is 2.21. The third-order valence-electron chi connectivity index (χ3n) is 5.77. The largest absolute Gasteiger partial charge is 0.507 e. The number of rotatable bonds is 10. The maximum atomic E-state index is 13.3. The van der Waals surface area contributed by atoms with Gasteiger partial charge in [-0.05, 0) is 50.3 Å². The molecule has 36 heavy (non-hydrogen) atoms. The van der Waals surface area contributed by atoms with E-state index in [2.05, 4.69) is 0 Å². The van der Waals surface area contributed by atoms with Crippen molar-refractivity contribution in [2.24, 2.45) is 0 Å². The van der Waals surface area contributed by atoms with Gasteiger partial charge in [0, 0.05) is 18.7 Å². The quantitative estimate of drug-likeness (QED) is 0.265. The van der Waals surface area contributed by atoms with Gasteiger partial charge in [0.15, 0.2) is 17.2 Å². The number of hydrogen-bond acceptors (Lipinski definition) is 7. The van der Waals surface area contributed by atoms with Crippen molar-refractivity contribution in [1.29, 1.82) is 0 Å². The fourth-order valence-electron chi connectivity index (χ4n) is 4.00. The number of ketones is 1. The maximum absolute atomic E-state index is 13.3. The van der Waals surface area contributed by atoms with E-state index >= 15 is 0 Å². The summed E-state index contributed by atoms with van der Waals surface area (Å²) < 4.78 is 16.5. The standard InChI is InChI=1S/C26H30Cl2N2O6/c1-6-11-36-20-14-15(7-8-19(20)34-4)22-21(24(32)26(33)30(22)10-9-29(2)3)23(31)16-12-17(27)25(35-5)18(28)13-16/h7-8,12-14,22,31H,6,9-11H2,1-5H3/b23-21+. The predicted octanol–water partition coefficient (Wildman–Crippen LogP) is 4.78. The lowest BCUT2D eigenvalue weighted by molar-refractivity contribution is -0.140. The minimum atomic E-state index is -0.862. The van der Waals surface area contributed by atoms with Crippen molar-refractivity contribution < 1.29 is 28.9 Å². The molecule has 1 fully saturated rings. The van der Waals surface area contributed by atoms with Crippen LogP contribution in [0.25, 0.3) is 5.76 Å². The molecule has 0 radical (unpaired) electrons. The van der Waals surface area contributed by atoms with Crippen LogP contribution in [-0.4, -0.2) is 74.6 Å². The first-order valence-corrected chi connectivity index (χ1v) is 12.2. The summed E-state index contributed by atoms with van der Waals surface area (Å²) in [6, 6.07) is 7.21. The zero-order chi connectivity index (χ0) is 26.6. The van der Waals surface area contributed by atoms with E-state index in [0.29, 0.717) is 30.2 Å². The molecule has 10 heteroatoms. The number of aliphatic hydroxyl groups is 1. The predicted molar refractivity (Wildman–Crippen MR) is 139 cm³/mol. The number of carbonyl (C=O) groups excluding carboxylic acids is 2. The smallest absolute Gasteiger partial charge is 0.295 e. The van der Waals surface area contributed by atoms with Gasteiger partial charge in [0.25, 0.3) is 11.7 Å². The van der Waals surface area contributed by atoms with E-state index in [9.17, 15) is 14.7 Å². The molecule has 0 aliphatic carbocycles. The van der Waals surface area contributed by atoms with Gasteiger partial charge in [-0.3, -0.25) is 9.59 Å². The van der Waals surface area contributed by atoms with Crippen molar-refractivity contribution in [2.75, 3.05) is 48.0 Å². The Morgan fingerprint density at radius 1 is 1.06 bits per heavy atom. The van der Waals surface area contributed by atoms with Gasteiger partial charge in [-0.15, -0.1) is 0 Å². The van der Waals surface area contributed by atoms with Gasteiger partial charge in [-0.25, -0.2) is 0 Å². The van der Waals surface area contributed by atoms with Crippen molar-refractivity contribution in [2.45, 2.75) is 19.4 Å². The van der Waals surface area contributed by atoms with Crippen molar-refractivity contribution in [1.82, 2.24) is 9.80 Å². The second-order valence-corrected chi connectivity index (χ2v) is 9.34. The monoisotopic (exact) mass is 536 g/mol. The van der Waals surface area contributed by atoms with Gasteiger partial charge in [0.05, 0.1) is 42.5 Å². The zero-order valence-electron chi connectivity index (χ0n) is 20.9. The number of carbonyl (C=O) groups is 2. The van der Waals surface area contributed by atoms with Gasteiger partial charge >= 0.3 is 0 Å². The molecule has 1 heterocycles. The number of Topliss-reactive ketones (excluding diaryl/α,β-unsaturated/α-hetero) is 1. The number of aliphatic hydroxyl groups excluding tert-OH is 1. The lowest BCUT2D eigenvalue weighted by Gasteiger charge is -2.27. The molecule has 8 nitrogen and oxygen atoms in total. The first kappa shape index (κ1) is 27.6. The van der Waals surface area contributed by atoms with Crippen molar-refractivity contribution in [3.63, 3.8) is 0 Å². The number of halogens is 2. The van der Waals surface area contributed by atoms with Gasteiger partial charge in [0.2, 0.25) is 0 Å². The lowest BCUT2D eigenvalue weighted by atomic mass is 9.95. The first-order valence-electron chi connectivity index (χ1n) is 11.4. The Kier molecular flexibility index (Phi) is 9.11. The van der Waals surface area contributed by atoms with Crippen LogP contribution in [0.2, 0.25) is 10.0 Å². The van der Waals surface area contributed by atoms with Crippen LogP contribution in [0.3, 0.4) is 0 Å². The van der Waals surface area contributed by atoms with E-state index < -0.39 is 17.7 Å². The fraction of sp³-hybridized carbons (Fsp3) is 0.385. The molecule has 1 unspecified atom stereocenters. The van der Waals surface area contributed by atoms with Crippen LogP contribution in [0.5, 0.6) is 17.2 Å². The van der Waals surface area contributed by atoms with Crippen LogP contribution >= 0.6 is 23.2 Å². The summed E-state index contributed by atoms with van der Waals surface area (Å²) in [5, 5.41) is 11.6. The summed E-state index contributed by atoms with van der Waals surface area (Å²) in [5.74, 6) is -0.654. The molecule has 1 saturated heterocycles. The third-order valence-corrected chi connectivity index (χ3v) is 6.33. The molecule has 2 aromatic rings. The number of methoxy groups -OCH3 is 2. The van der Waals surface area contributed by atoms with Crippen LogP contribution in [0, 0.1) is 0 Å². The SMILES string of the molecule is CCCOc1cc(C2/C(=C(\O)c3cc(Cl)c(OC)c(Cl)c3)C(=O)C(=O)N2CCN(C)C)ccc1OC. The molecule has 2 aromatic carbocycles. The van der Waals surface area contributed by atoms with E-state index in [0.717, 1.165) is 6.42 Å². The summed E-state index contributed by atoms with van der Waals surface area (Å²) in [5.41, 5.74) is 0.715. The second-order valence-electron chi connectivity index (χ2n) is 8.53. The molecule has 0 bridgehead atoms. The first-order chi connectivity index (χ1) is 17.1. The molecule has 0 aromatic heterocycles. The van der Waals surface area contributed by atoms with Crippen molar-refractivity contribution in [3.05, 3.63) is 57.1 Å². The Morgan fingerprint density at radius 2 is 1.72 bits per heavy atom. The highest BCUT2D eigenvalue weighted by Crippen LogP contribution is 2.43. The van der Waals surface area contributed by atoms with Crippen LogP contribution in [0.4, 0.5) is 0 Å². The molecule has 1 aliphatic heterocycles. The highest BCUT2D eigenvalue weighted by Gasteiger charge is 2.46. The lowest BCUT2D eigenvalue weighted by Crippen LogP contribution is -2.35. The van der Waals surface area contributed by atoms with Crippen LogP contribution in [0.1, 0.15) is 30.5 Å². The number of amides is 1. The molecule has 1 N–H and O–H groups in total. The maximum Gasteiger partial charge on any atom is 0.295 e. The second kappa shape index (κ2) is 11.9. The van der Waals surface area contributed by atoms with Gasteiger partial charge < -0.3 is 29.1 Å². The number of likely N-dealkylation sites (tertiary alicyclic amines) is 1.